The SMILES string of the molecule is O=C(NC1CCC(Nc2cc(C(F)(F)F)nc3ccccc23)CC1)c1cc(F)c(F)c(F)c1. The van der Waals surface area contributed by atoms with Crippen LogP contribution in [-0.2, 0) is 6.18 Å². The van der Waals surface area contributed by atoms with Crippen molar-refractivity contribution in [2.45, 2.75) is 43.9 Å². The van der Waals surface area contributed by atoms with Gasteiger partial charge in [-0.2, -0.15) is 13.2 Å². The van der Waals surface area contributed by atoms with Crippen LogP contribution < -0.4 is 10.6 Å². The zero-order valence-electron chi connectivity index (χ0n) is 17.1. The monoisotopic (exact) mass is 467 g/mol. The van der Waals surface area contributed by atoms with Gasteiger partial charge in [0, 0.05) is 28.7 Å². The Morgan fingerprint density at radius 3 is 2.15 bits per heavy atom. The number of halogens is 6. The number of pyridine rings is 1. The van der Waals surface area contributed by atoms with Gasteiger partial charge in [-0.1, -0.05) is 18.2 Å². The van der Waals surface area contributed by atoms with E-state index in [0.717, 1.165) is 6.07 Å². The van der Waals surface area contributed by atoms with Crippen LogP contribution in [0.4, 0.5) is 32.0 Å². The number of para-hydroxylation sites is 1. The lowest BCUT2D eigenvalue weighted by atomic mass is 9.90. The molecule has 1 aliphatic rings. The zero-order chi connectivity index (χ0) is 23.8. The topological polar surface area (TPSA) is 54.0 Å². The van der Waals surface area contributed by atoms with Crippen LogP contribution in [-0.4, -0.2) is 23.0 Å². The number of carbonyl (C=O) groups excluding carboxylic acids is 1. The van der Waals surface area contributed by atoms with Gasteiger partial charge in [0.05, 0.1) is 5.52 Å². The van der Waals surface area contributed by atoms with Crippen LogP contribution in [0.5, 0.6) is 0 Å². The summed E-state index contributed by atoms with van der Waals surface area (Å²) in [6.45, 7) is 0. The summed E-state index contributed by atoms with van der Waals surface area (Å²) in [4.78, 5) is 16.0. The van der Waals surface area contributed by atoms with Crippen LogP contribution in [0.2, 0.25) is 0 Å². The summed E-state index contributed by atoms with van der Waals surface area (Å²) in [6.07, 6.45) is -2.47. The van der Waals surface area contributed by atoms with Crippen molar-refractivity contribution in [2.75, 3.05) is 5.32 Å². The number of anilines is 1. The Balaban J connectivity index is 1.42. The van der Waals surface area contributed by atoms with Crippen molar-refractivity contribution in [3.8, 4) is 0 Å². The van der Waals surface area contributed by atoms with Crippen molar-refractivity contribution in [2.24, 2.45) is 0 Å². The van der Waals surface area contributed by atoms with Crippen molar-refractivity contribution in [1.29, 1.82) is 0 Å². The fourth-order valence-corrected chi connectivity index (χ4v) is 4.00. The second kappa shape index (κ2) is 8.92. The number of fused-ring (bicyclic) bond motifs is 1. The van der Waals surface area contributed by atoms with Crippen LogP contribution in [0.15, 0.2) is 42.5 Å². The van der Waals surface area contributed by atoms with Gasteiger partial charge in [-0.3, -0.25) is 4.79 Å². The Morgan fingerprint density at radius 2 is 1.52 bits per heavy atom. The molecule has 1 saturated carbocycles. The van der Waals surface area contributed by atoms with Crippen molar-refractivity contribution < 1.29 is 31.1 Å². The molecule has 1 fully saturated rings. The van der Waals surface area contributed by atoms with Crippen molar-refractivity contribution in [3.05, 3.63) is 71.2 Å². The maximum absolute atomic E-state index is 13.4. The summed E-state index contributed by atoms with van der Waals surface area (Å²) in [7, 11) is 0. The Hall–Kier alpha value is -3.30. The van der Waals surface area contributed by atoms with E-state index in [0.29, 0.717) is 48.9 Å². The molecule has 0 unspecified atom stereocenters. The molecule has 0 saturated heterocycles. The third-order valence-electron chi connectivity index (χ3n) is 5.67. The lowest BCUT2D eigenvalue weighted by Crippen LogP contribution is -2.40. The fourth-order valence-electron chi connectivity index (χ4n) is 4.00. The van der Waals surface area contributed by atoms with Gasteiger partial charge >= 0.3 is 6.18 Å². The molecule has 2 aromatic carbocycles. The number of rotatable bonds is 4. The Bertz CT molecular complexity index is 1170. The summed E-state index contributed by atoms with van der Waals surface area (Å²) >= 11 is 0. The number of aromatic nitrogens is 1. The molecule has 33 heavy (non-hydrogen) atoms. The van der Waals surface area contributed by atoms with E-state index in [9.17, 15) is 31.1 Å². The van der Waals surface area contributed by atoms with Gasteiger partial charge in [-0.05, 0) is 49.9 Å². The maximum Gasteiger partial charge on any atom is 0.433 e. The lowest BCUT2D eigenvalue weighted by Gasteiger charge is -2.30. The molecular weight excluding hydrogens is 448 g/mol. The molecule has 4 rings (SSSR count). The van der Waals surface area contributed by atoms with Crippen LogP contribution in [0, 0.1) is 17.5 Å². The average Bonchev–Trinajstić information content (AvgIpc) is 2.77. The summed E-state index contributed by atoms with van der Waals surface area (Å²) in [5.41, 5.74) is -0.745. The number of nitrogens with zero attached hydrogens (tertiary/aromatic N) is 1. The Morgan fingerprint density at radius 1 is 0.909 bits per heavy atom. The molecule has 0 radical (unpaired) electrons. The van der Waals surface area contributed by atoms with E-state index in [1.165, 1.54) is 6.07 Å². The molecule has 1 amide bonds. The molecule has 174 valence electrons. The largest absolute Gasteiger partial charge is 0.433 e. The zero-order valence-corrected chi connectivity index (χ0v) is 17.1. The van der Waals surface area contributed by atoms with E-state index in [1.807, 2.05) is 0 Å². The fraction of sp³-hybridized carbons (Fsp3) is 0.304. The lowest BCUT2D eigenvalue weighted by molar-refractivity contribution is -0.140. The minimum Gasteiger partial charge on any atom is -0.382 e. The first kappa shape index (κ1) is 22.9. The maximum atomic E-state index is 13.4. The number of carbonyl (C=O) groups is 1. The molecule has 0 atom stereocenters. The molecular formula is C23H19F6N3O. The minimum absolute atomic E-state index is 0.134. The summed E-state index contributed by atoms with van der Waals surface area (Å²) < 4.78 is 79.6. The average molecular weight is 467 g/mol. The van der Waals surface area contributed by atoms with Gasteiger partial charge in [0.15, 0.2) is 17.5 Å². The highest BCUT2D eigenvalue weighted by Gasteiger charge is 2.34. The van der Waals surface area contributed by atoms with Gasteiger partial charge in [0.2, 0.25) is 0 Å². The third-order valence-corrected chi connectivity index (χ3v) is 5.67. The van der Waals surface area contributed by atoms with Gasteiger partial charge in [0.1, 0.15) is 5.69 Å². The molecule has 1 heterocycles. The van der Waals surface area contributed by atoms with Crippen LogP contribution in [0.1, 0.15) is 41.7 Å². The predicted octanol–water partition coefficient (Wildman–Crippen LogP) is 5.82. The number of alkyl halides is 3. The smallest absolute Gasteiger partial charge is 0.382 e. The van der Waals surface area contributed by atoms with E-state index in [4.69, 9.17) is 0 Å². The molecule has 0 bridgehead atoms. The molecule has 0 aliphatic heterocycles. The van der Waals surface area contributed by atoms with Crippen molar-refractivity contribution in [3.63, 3.8) is 0 Å². The quantitative estimate of drug-likeness (QED) is 0.375. The van der Waals surface area contributed by atoms with Gasteiger partial charge < -0.3 is 10.6 Å². The summed E-state index contributed by atoms with van der Waals surface area (Å²) in [5, 5.41) is 6.41. The molecule has 1 aromatic heterocycles. The first-order valence-corrected chi connectivity index (χ1v) is 10.3. The van der Waals surface area contributed by atoms with Gasteiger partial charge in [0.25, 0.3) is 5.91 Å². The number of hydrogen-bond donors (Lipinski definition) is 2. The molecule has 4 nitrogen and oxygen atoms in total. The molecule has 3 aromatic rings. The number of nitrogens with one attached hydrogen (secondary N) is 2. The van der Waals surface area contributed by atoms with Crippen LogP contribution >= 0.6 is 0 Å². The second-order valence-corrected chi connectivity index (χ2v) is 7.99. The van der Waals surface area contributed by atoms with Crippen LogP contribution in [0.3, 0.4) is 0 Å². The highest BCUT2D eigenvalue weighted by Crippen LogP contribution is 2.34. The first-order chi connectivity index (χ1) is 15.6. The standard InChI is InChI=1S/C23H19F6N3O/c24-16-9-12(10-17(25)21(16)26)22(33)31-14-7-5-13(6-8-14)30-19-11-20(23(27,28)29)32-18-4-2-1-3-15(18)19/h1-4,9-11,13-14H,5-8H2,(H,30,32)(H,31,33). The molecule has 10 heteroatoms. The minimum atomic E-state index is -4.58. The van der Waals surface area contributed by atoms with Crippen molar-refractivity contribution in [1.82, 2.24) is 10.3 Å². The summed E-state index contributed by atoms with van der Waals surface area (Å²) in [6, 6.07) is 8.38. The molecule has 2 N–H and O–H groups in total. The number of amides is 1. The predicted molar refractivity (Wildman–Crippen MR) is 110 cm³/mol. The van der Waals surface area contributed by atoms with E-state index >= 15 is 0 Å². The summed E-state index contributed by atoms with van der Waals surface area (Å²) in [5.74, 6) is -5.26. The van der Waals surface area contributed by atoms with Crippen molar-refractivity contribution >= 4 is 22.5 Å². The van der Waals surface area contributed by atoms with Crippen LogP contribution in [0.25, 0.3) is 10.9 Å². The first-order valence-electron chi connectivity index (χ1n) is 10.3. The molecule has 1 aliphatic carbocycles. The second-order valence-electron chi connectivity index (χ2n) is 7.99. The highest BCUT2D eigenvalue weighted by atomic mass is 19.4. The van der Waals surface area contributed by atoms with E-state index < -0.39 is 35.2 Å². The van der Waals surface area contributed by atoms with Gasteiger partial charge in [-0.15, -0.1) is 0 Å². The van der Waals surface area contributed by atoms with Gasteiger partial charge in [-0.25, -0.2) is 18.2 Å². The van der Waals surface area contributed by atoms with E-state index in [1.54, 1.807) is 18.2 Å². The number of benzene rings is 2. The highest BCUT2D eigenvalue weighted by molar-refractivity contribution is 5.94. The molecule has 0 spiro atoms. The normalized spacial score (nSPS) is 18.8. The van der Waals surface area contributed by atoms with E-state index in [2.05, 4.69) is 15.6 Å². The number of hydrogen-bond acceptors (Lipinski definition) is 3. The third kappa shape index (κ3) is 5.04. The Labute approximate surface area is 185 Å². The van der Waals surface area contributed by atoms with E-state index in [-0.39, 0.29) is 23.2 Å². The Kier molecular flexibility index (Phi) is 6.18.